The molecule has 6 nitrogen and oxygen atoms in total. The zero-order chi connectivity index (χ0) is 23.5. The Balaban J connectivity index is 1.41. The minimum Gasteiger partial charge on any atom is -0.352 e. The first-order chi connectivity index (χ1) is 16.0. The highest BCUT2D eigenvalue weighted by Gasteiger charge is 2.11. The SMILES string of the molecule is O=C(CCC(=O)c1ccccc1)NCc1cccc(NC(=O)CCC(=O)c2ccccc2)c1. The summed E-state index contributed by atoms with van der Waals surface area (Å²) in [6.45, 7) is 0.286. The summed E-state index contributed by atoms with van der Waals surface area (Å²) in [6.07, 6.45) is 0.477. The maximum Gasteiger partial charge on any atom is 0.224 e. The molecule has 33 heavy (non-hydrogen) atoms. The van der Waals surface area contributed by atoms with Crippen LogP contribution in [0.15, 0.2) is 84.9 Å². The summed E-state index contributed by atoms with van der Waals surface area (Å²) in [5, 5.41) is 5.58. The predicted octanol–water partition coefficient (Wildman–Crippen LogP) is 4.57. The van der Waals surface area contributed by atoms with E-state index in [9.17, 15) is 19.2 Å². The number of carbonyl (C=O) groups excluding carboxylic acids is 4. The van der Waals surface area contributed by atoms with Gasteiger partial charge in [0.2, 0.25) is 11.8 Å². The van der Waals surface area contributed by atoms with Crippen molar-refractivity contribution in [2.24, 2.45) is 0 Å². The van der Waals surface area contributed by atoms with Crippen molar-refractivity contribution in [3.05, 3.63) is 102 Å². The number of hydrogen-bond acceptors (Lipinski definition) is 4. The number of nitrogens with one attached hydrogen (secondary N) is 2. The highest BCUT2D eigenvalue weighted by molar-refractivity contribution is 6.00. The molecule has 2 N–H and O–H groups in total. The molecule has 6 heteroatoms. The van der Waals surface area contributed by atoms with Gasteiger partial charge in [0.15, 0.2) is 11.6 Å². The second kappa shape index (κ2) is 12.1. The van der Waals surface area contributed by atoms with Gasteiger partial charge in [-0.25, -0.2) is 0 Å². The van der Waals surface area contributed by atoms with Gasteiger partial charge in [-0.3, -0.25) is 19.2 Å². The van der Waals surface area contributed by atoms with Crippen LogP contribution in [0.4, 0.5) is 5.69 Å². The molecule has 0 aliphatic carbocycles. The Hall–Kier alpha value is -4.06. The number of anilines is 1. The van der Waals surface area contributed by atoms with E-state index in [1.807, 2.05) is 18.2 Å². The molecule has 0 spiro atoms. The van der Waals surface area contributed by atoms with Crippen molar-refractivity contribution >= 4 is 29.1 Å². The Morgan fingerprint density at radius 1 is 0.576 bits per heavy atom. The first kappa shape index (κ1) is 23.6. The van der Waals surface area contributed by atoms with E-state index in [0.717, 1.165) is 5.56 Å². The van der Waals surface area contributed by atoms with Crippen molar-refractivity contribution in [2.75, 3.05) is 5.32 Å². The average Bonchev–Trinajstić information content (AvgIpc) is 2.86. The summed E-state index contributed by atoms with van der Waals surface area (Å²) < 4.78 is 0. The number of benzene rings is 3. The summed E-state index contributed by atoms with van der Waals surface area (Å²) in [5.74, 6) is -0.609. The van der Waals surface area contributed by atoms with E-state index < -0.39 is 0 Å². The molecule has 3 aromatic carbocycles. The highest BCUT2D eigenvalue weighted by Crippen LogP contribution is 2.13. The molecule has 0 atom stereocenters. The number of amides is 2. The second-order valence-electron chi connectivity index (χ2n) is 7.60. The highest BCUT2D eigenvalue weighted by atomic mass is 16.2. The fourth-order valence-electron chi connectivity index (χ4n) is 3.26. The minimum absolute atomic E-state index is 0.0683. The molecule has 0 fully saturated rings. The van der Waals surface area contributed by atoms with Gasteiger partial charge >= 0.3 is 0 Å². The average molecular weight is 443 g/mol. The number of rotatable bonds is 11. The van der Waals surface area contributed by atoms with Gasteiger partial charge in [0.1, 0.15) is 0 Å². The lowest BCUT2D eigenvalue weighted by atomic mass is 10.1. The standard InChI is InChI=1S/C27H26N2O4/c30-24(21-9-3-1-4-10-21)14-16-26(32)28-19-20-8-7-13-23(18-20)29-27(33)17-15-25(31)22-11-5-2-6-12-22/h1-13,18H,14-17,19H2,(H,28,32)(H,29,33). The Morgan fingerprint density at radius 2 is 1.12 bits per heavy atom. The van der Waals surface area contributed by atoms with Gasteiger partial charge in [-0.2, -0.15) is 0 Å². The number of ketones is 2. The summed E-state index contributed by atoms with van der Waals surface area (Å²) in [4.78, 5) is 48.6. The van der Waals surface area contributed by atoms with Crippen LogP contribution in [0, 0.1) is 0 Å². The minimum atomic E-state index is -0.250. The lowest BCUT2D eigenvalue weighted by molar-refractivity contribution is -0.121. The van der Waals surface area contributed by atoms with Gasteiger partial charge in [-0.15, -0.1) is 0 Å². The molecule has 0 unspecified atom stereocenters. The van der Waals surface area contributed by atoms with Crippen LogP contribution in [-0.2, 0) is 16.1 Å². The molecule has 0 heterocycles. The van der Waals surface area contributed by atoms with Crippen molar-refractivity contribution < 1.29 is 19.2 Å². The molecule has 3 rings (SSSR count). The smallest absolute Gasteiger partial charge is 0.224 e. The normalized spacial score (nSPS) is 10.3. The van der Waals surface area contributed by atoms with E-state index in [2.05, 4.69) is 10.6 Å². The molecule has 2 amide bonds. The first-order valence-electron chi connectivity index (χ1n) is 10.8. The van der Waals surface area contributed by atoms with Crippen molar-refractivity contribution in [3.8, 4) is 0 Å². The van der Waals surface area contributed by atoms with E-state index in [1.54, 1.807) is 66.7 Å². The second-order valence-corrected chi connectivity index (χ2v) is 7.60. The van der Waals surface area contributed by atoms with Crippen molar-refractivity contribution in [3.63, 3.8) is 0 Å². The third-order valence-corrected chi connectivity index (χ3v) is 5.05. The van der Waals surface area contributed by atoms with E-state index in [4.69, 9.17) is 0 Å². The zero-order valence-electron chi connectivity index (χ0n) is 18.3. The number of Topliss-reactive ketones (excluding diaryl/α,β-unsaturated/α-hetero) is 2. The van der Waals surface area contributed by atoms with Crippen LogP contribution < -0.4 is 10.6 Å². The maximum absolute atomic E-state index is 12.2. The van der Waals surface area contributed by atoms with Crippen LogP contribution in [0.1, 0.15) is 52.0 Å². The molecule has 0 bridgehead atoms. The molecular weight excluding hydrogens is 416 g/mol. The fraction of sp³-hybridized carbons (Fsp3) is 0.185. The number of hydrogen-bond donors (Lipinski definition) is 2. The van der Waals surface area contributed by atoms with Crippen molar-refractivity contribution in [2.45, 2.75) is 32.2 Å². The lowest BCUT2D eigenvalue weighted by Crippen LogP contribution is -2.23. The third kappa shape index (κ3) is 7.85. The monoisotopic (exact) mass is 442 g/mol. The van der Waals surface area contributed by atoms with E-state index in [-0.39, 0.29) is 55.6 Å². The van der Waals surface area contributed by atoms with Crippen LogP contribution >= 0.6 is 0 Å². The molecule has 0 aliphatic heterocycles. The van der Waals surface area contributed by atoms with Crippen LogP contribution in [0.5, 0.6) is 0 Å². The van der Waals surface area contributed by atoms with Crippen molar-refractivity contribution in [1.29, 1.82) is 0 Å². The number of carbonyl (C=O) groups is 4. The van der Waals surface area contributed by atoms with Gasteiger partial charge in [-0.1, -0.05) is 72.8 Å². The molecular formula is C27H26N2O4. The molecule has 0 saturated heterocycles. The summed E-state index contributed by atoms with van der Waals surface area (Å²) >= 11 is 0. The molecule has 0 aromatic heterocycles. The molecule has 168 valence electrons. The summed E-state index contributed by atoms with van der Waals surface area (Å²) in [6, 6.07) is 24.9. The summed E-state index contributed by atoms with van der Waals surface area (Å²) in [7, 11) is 0. The Labute approximate surface area is 193 Å². The largest absolute Gasteiger partial charge is 0.352 e. The van der Waals surface area contributed by atoms with Gasteiger partial charge in [0, 0.05) is 49.0 Å². The van der Waals surface area contributed by atoms with Gasteiger partial charge < -0.3 is 10.6 Å². The molecule has 3 aromatic rings. The quantitative estimate of drug-likeness (QED) is 0.426. The van der Waals surface area contributed by atoms with Crippen LogP contribution in [0.25, 0.3) is 0 Å². The predicted molar refractivity (Wildman–Crippen MR) is 127 cm³/mol. The van der Waals surface area contributed by atoms with Crippen molar-refractivity contribution in [1.82, 2.24) is 5.32 Å². The fourth-order valence-corrected chi connectivity index (χ4v) is 3.26. The van der Waals surface area contributed by atoms with Crippen LogP contribution in [-0.4, -0.2) is 23.4 Å². The molecule has 0 aliphatic rings. The summed E-state index contributed by atoms with van der Waals surface area (Å²) in [5.41, 5.74) is 2.60. The third-order valence-electron chi connectivity index (χ3n) is 5.05. The van der Waals surface area contributed by atoms with E-state index in [0.29, 0.717) is 16.8 Å². The Morgan fingerprint density at radius 3 is 1.70 bits per heavy atom. The van der Waals surface area contributed by atoms with E-state index in [1.165, 1.54) is 0 Å². The van der Waals surface area contributed by atoms with E-state index >= 15 is 0 Å². The maximum atomic E-state index is 12.2. The Bertz CT molecular complexity index is 1110. The van der Waals surface area contributed by atoms with Gasteiger partial charge in [-0.05, 0) is 17.7 Å². The van der Waals surface area contributed by atoms with Crippen LogP contribution in [0.2, 0.25) is 0 Å². The molecule has 0 radical (unpaired) electrons. The first-order valence-corrected chi connectivity index (χ1v) is 10.8. The zero-order valence-corrected chi connectivity index (χ0v) is 18.3. The lowest BCUT2D eigenvalue weighted by Gasteiger charge is -2.09. The van der Waals surface area contributed by atoms with Gasteiger partial charge in [0.05, 0.1) is 0 Å². The Kier molecular flexibility index (Phi) is 8.65. The van der Waals surface area contributed by atoms with Gasteiger partial charge in [0.25, 0.3) is 0 Å². The topological polar surface area (TPSA) is 92.3 Å². The molecule has 0 saturated carbocycles. The van der Waals surface area contributed by atoms with Crippen LogP contribution in [0.3, 0.4) is 0 Å².